The Morgan fingerprint density at radius 3 is 2.89 bits per heavy atom. The molecule has 2 heterocycles. The summed E-state index contributed by atoms with van der Waals surface area (Å²) in [5, 5.41) is 24.2. The smallest absolute Gasteiger partial charge is 0.175 e. The molecule has 1 aliphatic heterocycles. The molecule has 0 aromatic carbocycles. The van der Waals surface area contributed by atoms with Crippen molar-refractivity contribution < 1.29 is 5.11 Å². The van der Waals surface area contributed by atoms with Crippen LogP contribution in [0.5, 0.6) is 0 Å². The maximum Gasteiger partial charge on any atom is 0.175 e. The Morgan fingerprint density at radius 2 is 2.32 bits per heavy atom. The quantitative estimate of drug-likeness (QED) is 0.471. The predicted octanol–water partition coefficient (Wildman–Crippen LogP) is 0.531. The fourth-order valence-corrected chi connectivity index (χ4v) is 2.07. The number of hydrogen-bond acceptors (Lipinski definition) is 4. The fourth-order valence-electron chi connectivity index (χ4n) is 2.07. The van der Waals surface area contributed by atoms with Crippen molar-refractivity contribution in [1.29, 1.82) is 5.41 Å². The third kappa shape index (κ3) is 3.78. The third-order valence-electron chi connectivity index (χ3n) is 3.15. The number of aliphatic hydroxyl groups is 1. The molecule has 1 aromatic heterocycles. The molecule has 0 atom stereocenters. The predicted molar refractivity (Wildman–Crippen MR) is 73.8 cm³/mol. The second-order valence-corrected chi connectivity index (χ2v) is 4.85. The average molecular weight is 264 g/mol. The second kappa shape index (κ2) is 5.83. The van der Waals surface area contributed by atoms with Crippen molar-refractivity contribution in [3.8, 4) is 0 Å². The first-order valence-electron chi connectivity index (χ1n) is 6.40. The van der Waals surface area contributed by atoms with Gasteiger partial charge in [-0.25, -0.2) is 4.99 Å². The summed E-state index contributed by atoms with van der Waals surface area (Å²) in [5.74, 6) is 1.36. The molecular weight excluding hydrogens is 244 g/mol. The summed E-state index contributed by atoms with van der Waals surface area (Å²) >= 11 is 0. The first-order chi connectivity index (χ1) is 9.04. The van der Waals surface area contributed by atoms with Gasteiger partial charge in [0.15, 0.2) is 5.82 Å². The highest BCUT2D eigenvalue weighted by Gasteiger charge is 2.19. The maximum atomic E-state index is 9.43. The largest absolute Gasteiger partial charge is 0.393 e. The number of nitrogens with zero attached hydrogens (tertiary/aromatic N) is 3. The van der Waals surface area contributed by atoms with Gasteiger partial charge in [0.1, 0.15) is 11.7 Å². The van der Waals surface area contributed by atoms with E-state index in [1.54, 1.807) is 6.07 Å². The zero-order valence-corrected chi connectivity index (χ0v) is 11.1. The van der Waals surface area contributed by atoms with Gasteiger partial charge < -0.3 is 15.7 Å². The number of amidine groups is 2. The van der Waals surface area contributed by atoms with E-state index < -0.39 is 0 Å². The number of rotatable bonds is 3. The molecule has 0 bridgehead atoms. The van der Waals surface area contributed by atoms with Gasteiger partial charge in [-0.3, -0.25) is 10.5 Å². The van der Waals surface area contributed by atoms with Crippen molar-refractivity contribution in [3.63, 3.8) is 0 Å². The first kappa shape index (κ1) is 13.5. The van der Waals surface area contributed by atoms with Gasteiger partial charge in [-0.1, -0.05) is 0 Å². The zero-order valence-electron chi connectivity index (χ0n) is 11.1. The van der Waals surface area contributed by atoms with Crippen LogP contribution in [0.2, 0.25) is 0 Å². The Kier molecular flexibility index (Phi) is 4.16. The molecule has 19 heavy (non-hydrogen) atoms. The van der Waals surface area contributed by atoms with Crippen molar-refractivity contribution in [3.05, 3.63) is 11.8 Å². The van der Waals surface area contributed by atoms with Crippen LogP contribution < -0.4 is 5.73 Å². The van der Waals surface area contributed by atoms with Crippen LogP contribution >= 0.6 is 0 Å². The minimum atomic E-state index is -0.234. The summed E-state index contributed by atoms with van der Waals surface area (Å²) in [7, 11) is 0. The molecule has 0 spiro atoms. The average Bonchev–Trinajstić information content (AvgIpc) is 2.75. The van der Waals surface area contributed by atoms with Gasteiger partial charge in [-0.05, 0) is 19.8 Å². The summed E-state index contributed by atoms with van der Waals surface area (Å²) in [6.07, 6.45) is 1.49. The molecule has 1 fully saturated rings. The molecule has 0 radical (unpaired) electrons. The van der Waals surface area contributed by atoms with E-state index in [0.29, 0.717) is 49.8 Å². The van der Waals surface area contributed by atoms with E-state index in [1.165, 1.54) is 0 Å². The zero-order chi connectivity index (χ0) is 13.8. The number of nitrogens with two attached hydrogens (primary N) is 1. The van der Waals surface area contributed by atoms with Crippen molar-refractivity contribution in [2.45, 2.75) is 32.3 Å². The first-order valence-corrected chi connectivity index (χ1v) is 6.40. The van der Waals surface area contributed by atoms with Gasteiger partial charge in [0, 0.05) is 24.8 Å². The summed E-state index contributed by atoms with van der Waals surface area (Å²) in [4.78, 5) is 6.10. The van der Waals surface area contributed by atoms with Crippen LogP contribution in [0.25, 0.3) is 0 Å². The minimum Gasteiger partial charge on any atom is -0.393 e. The molecule has 2 rings (SSSR count). The summed E-state index contributed by atoms with van der Waals surface area (Å²) < 4.78 is 0. The van der Waals surface area contributed by atoms with Crippen LogP contribution in [0.15, 0.2) is 11.1 Å². The van der Waals surface area contributed by atoms with Gasteiger partial charge in [0.05, 0.1) is 12.5 Å². The van der Waals surface area contributed by atoms with E-state index in [1.807, 2.05) is 11.8 Å². The van der Waals surface area contributed by atoms with Crippen molar-refractivity contribution in [2.24, 2.45) is 10.7 Å². The lowest BCUT2D eigenvalue weighted by atomic mass is 10.1. The van der Waals surface area contributed by atoms with Crippen molar-refractivity contribution in [1.82, 2.24) is 15.1 Å². The minimum absolute atomic E-state index is 0.234. The SMILES string of the molecule is Cc1cc(N=C(N)CC(=N)N2CCC(O)CC2)n[nH]1. The molecule has 104 valence electrons. The lowest BCUT2D eigenvalue weighted by Crippen LogP contribution is -2.41. The molecule has 0 saturated carbocycles. The highest BCUT2D eigenvalue weighted by Crippen LogP contribution is 2.12. The molecule has 1 aliphatic rings. The molecule has 7 heteroatoms. The van der Waals surface area contributed by atoms with E-state index in [0.717, 1.165) is 5.69 Å². The highest BCUT2D eigenvalue weighted by molar-refractivity contribution is 6.01. The van der Waals surface area contributed by atoms with Gasteiger partial charge >= 0.3 is 0 Å². The summed E-state index contributed by atoms with van der Waals surface area (Å²) in [5.41, 5.74) is 6.75. The second-order valence-electron chi connectivity index (χ2n) is 4.85. The molecule has 7 nitrogen and oxygen atoms in total. The number of likely N-dealkylation sites (tertiary alicyclic amines) is 1. The van der Waals surface area contributed by atoms with Crippen LogP contribution in [0.1, 0.15) is 25.0 Å². The van der Waals surface area contributed by atoms with E-state index in [2.05, 4.69) is 15.2 Å². The molecule has 0 unspecified atom stereocenters. The third-order valence-corrected chi connectivity index (χ3v) is 3.15. The van der Waals surface area contributed by atoms with Gasteiger partial charge in [0.25, 0.3) is 0 Å². The Morgan fingerprint density at radius 1 is 1.63 bits per heavy atom. The number of aryl methyl sites for hydroxylation is 1. The van der Waals surface area contributed by atoms with Crippen LogP contribution in [-0.2, 0) is 0 Å². The number of aliphatic imine (C=N–C) groups is 1. The Bertz CT molecular complexity index is 472. The highest BCUT2D eigenvalue weighted by atomic mass is 16.3. The van der Waals surface area contributed by atoms with Crippen molar-refractivity contribution >= 4 is 17.5 Å². The number of nitrogens with one attached hydrogen (secondary N) is 2. The van der Waals surface area contributed by atoms with Gasteiger partial charge in [0.2, 0.25) is 0 Å². The summed E-state index contributed by atoms with van der Waals surface area (Å²) in [6, 6.07) is 1.80. The van der Waals surface area contributed by atoms with E-state index in [-0.39, 0.29) is 6.10 Å². The summed E-state index contributed by atoms with van der Waals surface area (Å²) in [6.45, 7) is 3.30. The lowest BCUT2D eigenvalue weighted by Gasteiger charge is -2.31. The lowest BCUT2D eigenvalue weighted by molar-refractivity contribution is 0.108. The van der Waals surface area contributed by atoms with Gasteiger partial charge in [-0.2, -0.15) is 5.10 Å². The molecule has 1 saturated heterocycles. The van der Waals surface area contributed by atoms with E-state index in [9.17, 15) is 5.11 Å². The van der Waals surface area contributed by atoms with Crippen molar-refractivity contribution in [2.75, 3.05) is 13.1 Å². The fraction of sp³-hybridized carbons (Fsp3) is 0.583. The molecular formula is C12H20N6O. The standard InChI is InChI=1S/C12H20N6O/c1-8-6-12(17-16-8)15-10(13)7-11(14)18-4-2-9(19)3-5-18/h6,9,14,19H,2-5,7H2,1H3,(H3,13,15,16,17). The van der Waals surface area contributed by atoms with Crippen LogP contribution in [0, 0.1) is 12.3 Å². The van der Waals surface area contributed by atoms with Crippen LogP contribution in [0.3, 0.4) is 0 Å². The number of H-pyrrole nitrogens is 1. The van der Waals surface area contributed by atoms with E-state index >= 15 is 0 Å². The molecule has 0 aliphatic carbocycles. The molecule has 1 aromatic rings. The number of piperidine rings is 1. The maximum absolute atomic E-state index is 9.43. The number of aliphatic hydroxyl groups excluding tert-OH is 1. The Balaban J connectivity index is 1.89. The Hall–Kier alpha value is -1.89. The van der Waals surface area contributed by atoms with Gasteiger partial charge in [-0.15, -0.1) is 0 Å². The Labute approximate surface area is 112 Å². The molecule has 5 N–H and O–H groups in total. The van der Waals surface area contributed by atoms with Crippen LogP contribution in [-0.4, -0.2) is 51.1 Å². The number of hydrogen-bond donors (Lipinski definition) is 4. The number of aromatic nitrogens is 2. The van der Waals surface area contributed by atoms with E-state index in [4.69, 9.17) is 11.1 Å². The number of aromatic amines is 1. The molecule has 0 amide bonds. The monoisotopic (exact) mass is 264 g/mol. The normalized spacial score (nSPS) is 17.8. The van der Waals surface area contributed by atoms with Crippen LogP contribution in [0.4, 0.5) is 5.82 Å². The topological polar surface area (TPSA) is 114 Å².